The zero-order valence-electron chi connectivity index (χ0n) is 15.6. The van der Waals surface area contributed by atoms with E-state index in [0.29, 0.717) is 0 Å². The molecule has 0 bridgehead atoms. The van der Waals surface area contributed by atoms with Crippen LogP contribution in [0.4, 0.5) is 5.69 Å². The summed E-state index contributed by atoms with van der Waals surface area (Å²) in [5, 5.41) is 4.33. The highest BCUT2D eigenvalue weighted by atomic mass is 16.3. The number of nitrogens with zero attached hydrogens (tertiary/aromatic N) is 1. The number of para-hydroxylation sites is 1. The number of benzene rings is 3. The molecule has 134 valence electrons. The SMILES string of the molecule is CNCc1c(C)oc2c(N=C(c3ccccc3)c3ccccc3)cccc12. The molecule has 0 aliphatic carbocycles. The minimum atomic E-state index is 0.774. The van der Waals surface area contributed by atoms with Crippen LogP contribution in [0, 0.1) is 6.92 Å². The Morgan fingerprint density at radius 2 is 1.48 bits per heavy atom. The first-order chi connectivity index (χ1) is 13.3. The van der Waals surface area contributed by atoms with Crippen LogP contribution in [0.5, 0.6) is 0 Å². The minimum Gasteiger partial charge on any atom is -0.459 e. The van der Waals surface area contributed by atoms with Crippen molar-refractivity contribution >= 4 is 22.4 Å². The molecular weight excluding hydrogens is 332 g/mol. The second-order valence-corrected chi connectivity index (χ2v) is 6.51. The summed E-state index contributed by atoms with van der Waals surface area (Å²) in [6.45, 7) is 2.78. The molecule has 0 unspecified atom stereocenters. The topological polar surface area (TPSA) is 37.5 Å². The van der Waals surface area contributed by atoms with E-state index in [1.54, 1.807) is 0 Å². The largest absolute Gasteiger partial charge is 0.459 e. The molecule has 0 amide bonds. The summed E-state index contributed by atoms with van der Waals surface area (Å²) in [4.78, 5) is 5.04. The van der Waals surface area contributed by atoms with Crippen molar-refractivity contribution in [1.82, 2.24) is 5.32 Å². The van der Waals surface area contributed by atoms with Crippen molar-refractivity contribution in [3.63, 3.8) is 0 Å². The third-order valence-corrected chi connectivity index (χ3v) is 4.68. The van der Waals surface area contributed by atoms with Crippen LogP contribution in [0.25, 0.3) is 11.0 Å². The summed E-state index contributed by atoms with van der Waals surface area (Å²) >= 11 is 0. The van der Waals surface area contributed by atoms with Gasteiger partial charge in [0.05, 0.1) is 5.71 Å². The van der Waals surface area contributed by atoms with Gasteiger partial charge in [0.2, 0.25) is 0 Å². The lowest BCUT2D eigenvalue weighted by Gasteiger charge is -2.08. The predicted octanol–water partition coefficient (Wildman–Crippen LogP) is 5.63. The third kappa shape index (κ3) is 3.42. The Balaban J connectivity index is 1.92. The molecule has 3 nitrogen and oxygen atoms in total. The molecule has 0 aliphatic rings. The lowest BCUT2D eigenvalue weighted by Crippen LogP contribution is -2.05. The molecule has 0 aliphatic heterocycles. The maximum atomic E-state index is 6.11. The maximum absolute atomic E-state index is 6.11. The average Bonchev–Trinajstić information content (AvgIpc) is 3.04. The molecule has 0 radical (unpaired) electrons. The van der Waals surface area contributed by atoms with E-state index in [-0.39, 0.29) is 0 Å². The standard InChI is InChI=1S/C24H22N2O/c1-17-21(16-25-2)20-14-9-15-22(24(20)27-17)26-23(18-10-5-3-6-11-18)19-12-7-4-8-13-19/h3-15,25H,16H2,1-2H3. The van der Waals surface area contributed by atoms with Gasteiger partial charge >= 0.3 is 0 Å². The second-order valence-electron chi connectivity index (χ2n) is 6.51. The molecule has 0 spiro atoms. The number of rotatable bonds is 5. The lowest BCUT2D eigenvalue weighted by molar-refractivity contribution is 0.569. The van der Waals surface area contributed by atoms with Crippen molar-refractivity contribution in [3.05, 3.63) is 101 Å². The number of aliphatic imine (C=N–C) groups is 1. The van der Waals surface area contributed by atoms with Crippen LogP contribution in [0.2, 0.25) is 0 Å². The number of aryl methyl sites for hydroxylation is 1. The van der Waals surface area contributed by atoms with Crippen LogP contribution in [0.15, 0.2) is 88.3 Å². The fraction of sp³-hybridized carbons (Fsp3) is 0.125. The molecule has 0 atom stereocenters. The van der Waals surface area contributed by atoms with E-state index < -0.39 is 0 Å². The normalized spacial score (nSPS) is 10.9. The van der Waals surface area contributed by atoms with Crippen molar-refractivity contribution in [3.8, 4) is 0 Å². The van der Waals surface area contributed by atoms with Gasteiger partial charge in [-0.25, -0.2) is 4.99 Å². The van der Waals surface area contributed by atoms with Crippen molar-refractivity contribution in [2.75, 3.05) is 7.05 Å². The maximum Gasteiger partial charge on any atom is 0.160 e. The number of fused-ring (bicyclic) bond motifs is 1. The highest BCUT2D eigenvalue weighted by molar-refractivity contribution is 6.14. The molecule has 0 fully saturated rings. The number of hydrogen-bond donors (Lipinski definition) is 1. The molecule has 27 heavy (non-hydrogen) atoms. The van der Waals surface area contributed by atoms with Gasteiger partial charge in [0.25, 0.3) is 0 Å². The van der Waals surface area contributed by atoms with Gasteiger partial charge < -0.3 is 9.73 Å². The molecule has 4 aromatic rings. The van der Waals surface area contributed by atoms with E-state index in [1.165, 1.54) is 5.56 Å². The van der Waals surface area contributed by atoms with Gasteiger partial charge in [-0.15, -0.1) is 0 Å². The summed E-state index contributed by atoms with van der Waals surface area (Å²) in [6, 6.07) is 26.7. The summed E-state index contributed by atoms with van der Waals surface area (Å²) in [5.74, 6) is 0.933. The van der Waals surface area contributed by atoms with Gasteiger partial charge in [0, 0.05) is 28.6 Å². The first-order valence-electron chi connectivity index (χ1n) is 9.13. The summed E-state index contributed by atoms with van der Waals surface area (Å²) in [6.07, 6.45) is 0. The van der Waals surface area contributed by atoms with E-state index in [2.05, 4.69) is 35.6 Å². The van der Waals surface area contributed by atoms with Crippen LogP contribution in [0.3, 0.4) is 0 Å². The smallest absolute Gasteiger partial charge is 0.160 e. The number of hydrogen-bond acceptors (Lipinski definition) is 3. The molecule has 1 N–H and O–H groups in total. The van der Waals surface area contributed by atoms with Gasteiger partial charge in [-0.3, -0.25) is 0 Å². The van der Waals surface area contributed by atoms with E-state index in [1.807, 2.05) is 62.5 Å². The van der Waals surface area contributed by atoms with Crippen molar-refractivity contribution < 1.29 is 4.42 Å². The second kappa shape index (κ2) is 7.60. The van der Waals surface area contributed by atoms with E-state index in [0.717, 1.165) is 45.8 Å². The Hall–Kier alpha value is -3.17. The number of nitrogens with one attached hydrogen (secondary N) is 1. The van der Waals surface area contributed by atoms with E-state index in [9.17, 15) is 0 Å². The van der Waals surface area contributed by atoms with Gasteiger partial charge in [-0.2, -0.15) is 0 Å². The van der Waals surface area contributed by atoms with Gasteiger partial charge in [-0.05, 0) is 20.0 Å². The molecule has 3 heteroatoms. The quantitative estimate of drug-likeness (QED) is 0.472. The molecule has 0 saturated heterocycles. The molecule has 1 heterocycles. The summed E-state index contributed by atoms with van der Waals surface area (Å²) in [7, 11) is 1.95. The fourth-order valence-corrected chi connectivity index (χ4v) is 3.37. The third-order valence-electron chi connectivity index (χ3n) is 4.68. The zero-order chi connectivity index (χ0) is 18.6. The Kier molecular flexibility index (Phi) is 4.86. The molecule has 3 aromatic carbocycles. The molecule has 1 aromatic heterocycles. The Labute approximate surface area is 159 Å². The highest BCUT2D eigenvalue weighted by Crippen LogP contribution is 2.33. The van der Waals surface area contributed by atoms with Crippen molar-refractivity contribution in [2.24, 2.45) is 4.99 Å². The first kappa shape index (κ1) is 17.3. The van der Waals surface area contributed by atoms with Gasteiger partial charge in [-0.1, -0.05) is 72.8 Å². The predicted molar refractivity (Wildman–Crippen MR) is 112 cm³/mol. The Bertz CT molecular complexity index is 1040. The van der Waals surface area contributed by atoms with Crippen LogP contribution < -0.4 is 5.32 Å². The van der Waals surface area contributed by atoms with Crippen LogP contribution in [-0.4, -0.2) is 12.8 Å². The Morgan fingerprint density at radius 3 is 2.07 bits per heavy atom. The summed E-state index contributed by atoms with van der Waals surface area (Å²) in [5.41, 5.74) is 5.97. The Morgan fingerprint density at radius 1 is 0.852 bits per heavy atom. The monoisotopic (exact) mass is 354 g/mol. The summed E-state index contributed by atoms with van der Waals surface area (Å²) < 4.78 is 6.11. The van der Waals surface area contributed by atoms with Gasteiger partial charge in [0.1, 0.15) is 11.4 Å². The van der Waals surface area contributed by atoms with Crippen molar-refractivity contribution in [2.45, 2.75) is 13.5 Å². The van der Waals surface area contributed by atoms with Crippen LogP contribution in [-0.2, 0) is 6.54 Å². The van der Waals surface area contributed by atoms with Crippen molar-refractivity contribution in [1.29, 1.82) is 0 Å². The minimum absolute atomic E-state index is 0.774. The fourth-order valence-electron chi connectivity index (χ4n) is 3.37. The van der Waals surface area contributed by atoms with E-state index in [4.69, 9.17) is 9.41 Å². The van der Waals surface area contributed by atoms with Crippen LogP contribution in [0.1, 0.15) is 22.5 Å². The first-order valence-corrected chi connectivity index (χ1v) is 9.13. The molecule has 4 rings (SSSR count). The lowest BCUT2D eigenvalue weighted by atomic mass is 10.0. The van der Waals surface area contributed by atoms with Crippen LogP contribution >= 0.6 is 0 Å². The van der Waals surface area contributed by atoms with E-state index >= 15 is 0 Å². The average molecular weight is 354 g/mol. The highest BCUT2D eigenvalue weighted by Gasteiger charge is 2.14. The number of furan rings is 1. The molecular formula is C24H22N2O. The zero-order valence-corrected chi connectivity index (χ0v) is 15.6. The van der Waals surface area contributed by atoms with Gasteiger partial charge in [0.15, 0.2) is 5.58 Å². The molecule has 0 saturated carbocycles.